The quantitative estimate of drug-likeness (QED) is 0.463. The number of benzene rings is 2. The molecule has 5 rings (SSSR count). The molecule has 0 spiro atoms. The summed E-state index contributed by atoms with van der Waals surface area (Å²) < 4.78 is 21.4. The van der Waals surface area contributed by atoms with E-state index in [-0.39, 0.29) is 24.3 Å². The van der Waals surface area contributed by atoms with Crippen LogP contribution in [-0.2, 0) is 9.59 Å². The van der Waals surface area contributed by atoms with Gasteiger partial charge in [0.1, 0.15) is 5.82 Å². The number of fused-ring (bicyclic) bond motifs is 1. The number of carbonyl (C=O) groups excluding carboxylic acids is 2. The van der Waals surface area contributed by atoms with Crippen LogP contribution in [0.3, 0.4) is 0 Å². The highest BCUT2D eigenvalue weighted by atomic mass is 16.5. The Kier molecular flexibility index (Phi) is 6.83. The largest absolute Gasteiger partial charge is 0.493 e. The molecule has 1 unspecified atom stereocenters. The number of rotatable bonds is 7. The second kappa shape index (κ2) is 10.2. The third kappa shape index (κ3) is 4.37. The molecule has 0 radical (unpaired) electrons. The maximum Gasteiger partial charge on any atom is 0.237 e. The number of anilines is 2. The molecule has 2 aliphatic rings. The maximum absolute atomic E-state index is 13.4. The Hall–Kier alpha value is -4.28. The first-order chi connectivity index (χ1) is 18.4. The van der Waals surface area contributed by atoms with E-state index in [2.05, 4.69) is 4.98 Å². The average molecular weight is 522 g/mol. The molecule has 2 aliphatic heterocycles. The first-order valence-electron chi connectivity index (χ1n) is 12.4. The lowest BCUT2D eigenvalue weighted by molar-refractivity contribution is -0.141. The van der Waals surface area contributed by atoms with E-state index in [1.807, 2.05) is 11.0 Å². The number of ether oxygens (including phenoxy) is 4. The summed E-state index contributed by atoms with van der Waals surface area (Å²) >= 11 is 0. The van der Waals surface area contributed by atoms with Crippen molar-refractivity contribution in [2.45, 2.75) is 31.2 Å². The number of hydrogen-bond acceptors (Lipinski definition) is 10. The Morgan fingerprint density at radius 2 is 1.47 bits per heavy atom. The monoisotopic (exact) mass is 521 g/mol. The number of imide groups is 1. The van der Waals surface area contributed by atoms with Crippen molar-refractivity contribution in [2.75, 3.05) is 52.2 Å². The number of nitrogens with two attached hydrogens (primary N) is 1. The molecule has 3 aromatic rings. The minimum atomic E-state index is -0.532. The minimum absolute atomic E-state index is 0.143. The molecule has 11 nitrogen and oxygen atoms in total. The Morgan fingerprint density at radius 3 is 2.13 bits per heavy atom. The van der Waals surface area contributed by atoms with Gasteiger partial charge in [-0.2, -0.15) is 4.98 Å². The van der Waals surface area contributed by atoms with Crippen molar-refractivity contribution in [3.63, 3.8) is 0 Å². The highest BCUT2D eigenvalue weighted by Crippen LogP contribution is 2.38. The van der Waals surface area contributed by atoms with E-state index >= 15 is 0 Å². The number of methoxy groups -OCH3 is 4. The third-order valence-corrected chi connectivity index (χ3v) is 7.32. The molecular weight excluding hydrogens is 490 g/mol. The van der Waals surface area contributed by atoms with Gasteiger partial charge in [-0.1, -0.05) is 6.07 Å². The van der Waals surface area contributed by atoms with Crippen LogP contribution < -0.4 is 29.6 Å². The molecular formula is C27H31N5O6. The fraction of sp³-hybridized carbons (Fsp3) is 0.407. The fourth-order valence-corrected chi connectivity index (χ4v) is 5.30. The van der Waals surface area contributed by atoms with Gasteiger partial charge < -0.3 is 29.6 Å². The minimum Gasteiger partial charge on any atom is -0.493 e. The summed E-state index contributed by atoms with van der Waals surface area (Å²) in [5.41, 5.74) is 7.65. The van der Waals surface area contributed by atoms with Crippen molar-refractivity contribution in [2.24, 2.45) is 0 Å². The normalized spacial score (nSPS) is 18.3. The fourth-order valence-electron chi connectivity index (χ4n) is 5.30. The van der Waals surface area contributed by atoms with Crippen molar-refractivity contribution in [1.29, 1.82) is 0 Å². The van der Waals surface area contributed by atoms with Gasteiger partial charge in [-0.15, -0.1) is 0 Å². The van der Waals surface area contributed by atoms with Crippen LogP contribution in [0, 0.1) is 0 Å². The van der Waals surface area contributed by atoms with Crippen molar-refractivity contribution >= 4 is 34.5 Å². The number of nitrogen functional groups attached to an aromatic ring is 1. The van der Waals surface area contributed by atoms with Crippen LogP contribution in [0.1, 0.15) is 30.7 Å². The number of carbonyl (C=O) groups is 2. The summed E-state index contributed by atoms with van der Waals surface area (Å²) in [6.45, 7) is 1.17. The molecule has 0 aliphatic carbocycles. The Morgan fingerprint density at radius 1 is 0.842 bits per heavy atom. The van der Waals surface area contributed by atoms with E-state index in [9.17, 15) is 9.59 Å². The van der Waals surface area contributed by atoms with Gasteiger partial charge in [0.2, 0.25) is 17.8 Å². The molecule has 1 atom stereocenters. The lowest BCUT2D eigenvalue weighted by Gasteiger charge is -2.36. The van der Waals surface area contributed by atoms with Gasteiger partial charge in [0.15, 0.2) is 23.0 Å². The summed E-state index contributed by atoms with van der Waals surface area (Å²) in [6.07, 6.45) is 1.37. The van der Waals surface area contributed by atoms with Gasteiger partial charge in [0, 0.05) is 37.0 Å². The number of piperidine rings is 1. The maximum atomic E-state index is 13.4. The molecule has 200 valence electrons. The molecule has 1 aromatic heterocycles. The summed E-state index contributed by atoms with van der Waals surface area (Å²) in [7, 11) is 6.23. The molecule has 3 heterocycles. The van der Waals surface area contributed by atoms with E-state index in [1.54, 1.807) is 52.7 Å². The zero-order chi connectivity index (χ0) is 27.0. The van der Waals surface area contributed by atoms with E-state index in [0.717, 1.165) is 5.56 Å². The number of hydrogen-bond donors (Lipinski definition) is 1. The standard InChI is InChI=1S/C27H31N5O6/c1-35-20-6-5-15(11-21(20)36-2)17-13-24(33)32(26(17)34)16-7-9-31(10-8-16)27-29-19-14-23(38-4)22(37-3)12-18(19)25(28)30-27/h5-6,11-12,14,16-17H,7-10,13H2,1-4H3,(H2,28,29,30). The Balaban J connectivity index is 1.31. The molecule has 2 saturated heterocycles. The van der Waals surface area contributed by atoms with Crippen LogP contribution in [-0.4, -0.2) is 74.3 Å². The Bertz CT molecular complexity index is 1390. The molecule has 0 bridgehead atoms. The SMILES string of the molecule is COc1ccc(C2CC(=O)N(C3CCN(c4nc(N)c5cc(OC)c(OC)cc5n4)CC3)C2=O)cc1OC. The Labute approximate surface area is 220 Å². The van der Waals surface area contributed by atoms with Gasteiger partial charge in [0.05, 0.1) is 39.9 Å². The van der Waals surface area contributed by atoms with Crippen molar-refractivity contribution < 1.29 is 28.5 Å². The van der Waals surface area contributed by atoms with Gasteiger partial charge >= 0.3 is 0 Å². The molecule has 11 heteroatoms. The first kappa shape index (κ1) is 25.4. The van der Waals surface area contributed by atoms with E-state index in [4.69, 9.17) is 29.7 Å². The van der Waals surface area contributed by atoms with Crippen molar-refractivity contribution in [3.8, 4) is 23.0 Å². The van der Waals surface area contributed by atoms with Gasteiger partial charge in [-0.25, -0.2) is 4.98 Å². The molecule has 0 saturated carbocycles. The average Bonchev–Trinajstić information content (AvgIpc) is 3.25. The van der Waals surface area contributed by atoms with Gasteiger partial charge in [-0.3, -0.25) is 14.5 Å². The molecule has 2 amide bonds. The molecule has 2 N–H and O–H groups in total. The smallest absolute Gasteiger partial charge is 0.237 e. The topological polar surface area (TPSA) is 129 Å². The van der Waals surface area contributed by atoms with E-state index < -0.39 is 5.92 Å². The van der Waals surface area contributed by atoms with Crippen LogP contribution in [0.2, 0.25) is 0 Å². The summed E-state index contributed by atoms with van der Waals surface area (Å²) in [4.78, 5) is 39.1. The van der Waals surface area contributed by atoms with E-state index in [0.29, 0.717) is 71.6 Å². The van der Waals surface area contributed by atoms with Crippen LogP contribution >= 0.6 is 0 Å². The van der Waals surface area contributed by atoms with E-state index in [1.165, 1.54) is 4.90 Å². The third-order valence-electron chi connectivity index (χ3n) is 7.32. The van der Waals surface area contributed by atoms with Crippen LogP contribution in [0.15, 0.2) is 30.3 Å². The second-order valence-corrected chi connectivity index (χ2v) is 9.32. The summed E-state index contributed by atoms with van der Waals surface area (Å²) in [5.74, 6) is 2.20. The second-order valence-electron chi connectivity index (χ2n) is 9.32. The van der Waals surface area contributed by atoms with Gasteiger partial charge in [-0.05, 0) is 36.6 Å². The zero-order valence-corrected chi connectivity index (χ0v) is 21.9. The molecule has 2 aromatic carbocycles. The lowest BCUT2D eigenvalue weighted by Crippen LogP contribution is -2.47. The van der Waals surface area contributed by atoms with Crippen molar-refractivity contribution in [1.82, 2.24) is 14.9 Å². The number of aromatic nitrogens is 2. The van der Waals surface area contributed by atoms with Crippen LogP contribution in [0.25, 0.3) is 10.9 Å². The summed E-state index contributed by atoms with van der Waals surface area (Å²) in [5, 5.41) is 0.677. The van der Waals surface area contributed by atoms with Gasteiger partial charge in [0.25, 0.3) is 0 Å². The number of amides is 2. The number of likely N-dealkylation sites (tertiary alicyclic amines) is 1. The molecule has 2 fully saturated rings. The lowest BCUT2D eigenvalue weighted by atomic mass is 9.97. The van der Waals surface area contributed by atoms with Crippen LogP contribution in [0.4, 0.5) is 11.8 Å². The first-order valence-corrected chi connectivity index (χ1v) is 12.4. The predicted octanol–water partition coefficient (Wildman–Crippen LogP) is 2.76. The number of nitrogens with zero attached hydrogens (tertiary/aromatic N) is 4. The predicted molar refractivity (Wildman–Crippen MR) is 141 cm³/mol. The summed E-state index contributed by atoms with van der Waals surface area (Å²) in [6, 6.07) is 8.70. The van der Waals surface area contributed by atoms with Crippen LogP contribution in [0.5, 0.6) is 23.0 Å². The van der Waals surface area contributed by atoms with Crippen molar-refractivity contribution in [3.05, 3.63) is 35.9 Å². The molecule has 38 heavy (non-hydrogen) atoms. The zero-order valence-electron chi connectivity index (χ0n) is 21.9. The highest BCUT2D eigenvalue weighted by molar-refractivity contribution is 6.06. The highest BCUT2D eigenvalue weighted by Gasteiger charge is 2.44.